The molecule has 0 radical (unpaired) electrons. The summed E-state index contributed by atoms with van der Waals surface area (Å²) in [5.74, 6) is 0. The van der Waals surface area contributed by atoms with Crippen molar-refractivity contribution in [1.82, 2.24) is 0 Å². The van der Waals surface area contributed by atoms with Gasteiger partial charge in [-0.3, -0.25) is 0 Å². The summed E-state index contributed by atoms with van der Waals surface area (Å²) in [6, 6.07) is 7.76. The van der Waals surface area contributed by atoms with Crippen LogP contribution in [0, 0.1) is 14.9 Å². The third-order valence-corrected chi connectivity index (χ3v) is 1.94. The number of nitrogens with one attached hydrogen (secondary N) is 1. The minimum absolute atomic E-state index is 0.696. The molecule has 0 aliphatic carbocycles. The zero-order valence-corrected chi connectivity index (χ0v) is 8.21. The van der Waals surface area contributed by atoms with Gasteiger partial charge in [-0.05, 0) is 40.8 Å². The highest BCUT2D eigenvalue weighted by atomic mass is 127. The number of halogens is 1. The lowest BCUT2D eigenvalue weighted by molar-refractivity contribution is 1.44. The van der Waals surface area contributed by atoms with Gasteiger partial charge < -0.3 is 5.32 Å². The molecule has 0 aliphatic heterocycles. The molecule has 3 heteroatoms. The fraction of sp³-hybridized carbons (Fsp3) is 0.125. The Morgan fingerprint density at radius 2 is 2.18 bits per heavy atom. The van der Waals surface area contributed by atoms with Gasteiger partial charge in [-0.2, -0.15) is 5.26 Å². The molecule has 0 saturated carbocycles. The van der Waals surface area contributed by atoms with E-state index in [1.54, 1.807) is 0 Å². The summed E-state index contributed by atoms with van der Waals surface area (Å²) in [6.45, 7) is 0. The molecule has 0 heterocycles. The third kappa shape index (κ3) is 2.09. The fourth-order valence-electron chi connectivity index (χ4n) is 0.799. The van der Waals surface area contributed by atoms with Crippen molar-refractivity contribution in [1.29, 1.82) is 5.26 Å². The average molecular weight is 258 g/mol. The molecule has 0 spiro atoms. The Kier molecular flexibility index (Phi) is 2.71. The van der Waals surface area contributed by atoms with Crippen LogP contribution in [0.1, 0.15) is 5.56 Å². The van der Waals surface area contributed by atoms with E-state index in [2.05, 4.69) is 34.0 Å². The number of benzene rings is 1. The Labute approximate surface area is 79.4 Å². The van der Waals surface area contributed by atoms with E-state index >= 15 is 0 Å². The molecular formula is C8H7IN2. The van der Waals surface area contributed by atoms with E-state index in [1.165, 1.54) is 0 Å². The van der Waals surface area contributed by atoms with Crippen LogP contribution in [0.15, 0.2) is 18.2 Å². The number of hydrogen-bond donors (Lipinski definition) is 1. The second kappa shape index (κ2) is 3.58. The number of anilines is 1. The standard InChI is InChI=1S/C8H7IN2/c1-11-8-3-6(5-10)2-7(9)4-8/h2-4,11H,1H3. The molecule has 1 aromatic carbocycles. The van der Waals surface area contributed by atoms with Crippen LogP contribution in [0.2, 0.25) is 0 Å². The van der Waals surface area contributed by atoms with Crippen molar-refractivity contribution >= 4 is 28.3 Å². The highest BCUT2D eigenvalue weighted by molar-refractivity contribution is 14.1. The number of nitriles is 1. The smallest absolute Gasteiger partial charge is 0.0992 e. The SMILES string of the molecule is CNc1cc(I)cc(C#N)c1. The van der Waals surface area contributed by atoms with Crippen molar-refractivity contribution < 1.29 is 0 Å². The largest absolute Gasteiger partial charge is 0.388 e. The molecule has 1 aromatic rings. The lowest BCUT2D eigenvalue weighted by atomic mass is 10.2. The summed E-state index contributed by atoms with van der Waals surface area (Å²) in [6.07, 6.45) is 0. The molecule has 56 valence electrons. The van der Waals surface area contributed by atoms with Gasteiger partial charge in [0.05, 0.1) is 11.6 Å². The van der Waals surface area contributed by atoms with E-state index in [1.807, 2.05) is 25.2 Å². The molecule has 11 heavy (non-hydrogen) atoms. The lowest BCUT2D eigenvalue weighted by Crippen LogP contribution is -1.89. The molecule has 0 amide bonds. The monoisotopic (exact) mass is 258 g/mol. The second-order valence-electron chi connectivity index (χ2n) is 2.09. The highest BCUT2D eigenvalue weighted by Gasteiger charge is 1.95. The first kappa shape index (κ1) is 8.34. The molecular weight excluding hydrogens is 251 g/mol. The topological polar surface area (TPSA) is 35.8 Å². The maximum atomic E-state index is 8.60. The van der Waals surface area contributed by atoms with Gasteiger partial charge in [0.2, 0.25) is 0 Å². The summed E-state index contributed by atoms with van der Waals surface area (Å²) >= 11 is 2.19. The minimum atomic E-state index is 0.696. The van der Waals surface area contributed by atoms with Gasteiger partial charge in [-0.1, -0.05) is 0 Å². The van der Waals surface area contributed by atoms with Crippen molar-refractivity contribution in [3.8, 4) is 6.07 Å². The summed E-state index contributed by atoms with van der Waals surface area (Å²) in [4.78, 5) is 0. The number of rotatable bonds is 1. The molecule has 0 aliphatic rings. The lowest BCUT2D eigenvalue weighted by Gasteiger charge is -2.00. The molecule has 0 fully saturated rings. The van der Waals surface area contributed by atoms with Crippen molar-refractivity contribution in [2.24, 2.45) is 0 Å². The fourth-order valence-corrected chi connectivity index (χ4v) is 1.47. The van der Waals surface area contributed by atoms with Crippen molar-refractivity contribution in [3.05, 3.63) is 27.3 Å². The first-order valence-electron chi connectivity index (χ1n) is 3.14. The van der Waals surface area contributed by atoms with Gasteiger partial charge in [0, 0.05) is 16.3 Å². The van der Waals surface area contributed by atoms with Gasteiger partial charge in [0.25, 0.3) is 0 Å². The summed E-state index contributed by atoms with van der Waals surface area (Å²) in [7, 11) is 1.84. The maximum Gasteiger partial charge on any atom is 0.0992 e. The van der Waals surface area contributed by atoms with Gasteiger partial charge in [-0.15, -0.1) is 0 Å². The van der Waals surface area contributed by atoms with Gasteiger partial charge in [0.1, 0.15) is 0 Å². The molecule has 0 unspecified atom stereocenters. The molecule has 0 aromatic heterocycles. The Bertz CT molecular complexity index is 301. The molecule has 1 N–H and O–H groups in total. The van der Waals surface area contributed by atoms with Crippen LogP contribution in [-0.4, -0.2) is 7.05 Å². The molecule has 0 atom stereocenters. The Morgan fingerprint density at radius 3 is 2.73 bits per heavy atom. The van der Waals surface area contributed by atoms with Crippen LogP contribution < -0.4 is 5.32 Å². The quantitative estimate of drug-likeness (QED) is 0.784. The number of hydrogen-bond acceptors (Lipinski definition) is 2. The van der Waals surface area contributed by atoms with Crippen LogP contribution in [0.4, 0.5) is 5.69 Å². The van der Waals surface area contributed by atoms with E-state index in [4.69, 9.17) is 5.26 Å². The van der Waals surface area contributed by atoms with Crippen LogP contribution >= 0.6 is 22.6 Å². The average Bonchev–Trinajstić information content (AvgIpc) is 2.03. The predicted octanol–water partition coefficient (Wildman–Crippen LogP) is 2.20. The van der Waals surface area contributed by atoms with Crippen molar-refractivity contribution in [2.45, 2.75) is 0 Å². The molecule has 1 rings (SSSR count). The third-order valence-electron chi connectivity index (χ3n) is 1.32. The zero-order valence-electron chi connectivity index (χ0n) is 6.06. The molecule has 0 bridgehead atoms. The Hall–Kier alpha value is -0.760. The molecule has 2 nitrogen and oxygen atoms in total. The summed E-state index contributed by atoms with van der Waals surface area (Å²) < 4.78 is 1.08. The Balaban J connectivity index is 3.15. The van der Waals surface area contributed by atoms with Crippen molar-refractivity contribution in [3.63, 3.8) is 0 Å². The summed E-state index contributed by atoms with van der Waals surface area (Å²) in [5.41, 5.74) is 1.68. The van der Waals surface area contributed by atoms with Crippen LogP contribution in [0.25, 0.3) is 0 Å². The van der Waals surface area contributed by atoms with E-state index in [-0.39, 0.29) is 0 Å². The maximum absolute atomic E-state index is 8.60. The highest BCUT2D eigenvalue weighted by Crippen LogP contribution is 2.15. The Morgan fingerprint density at radius 1 is 1.45 bits per heavy atom. The van der Waals surface area contributed by atoms with E-state index < -0.39 is 0 Å². The second-order valence-corrected chi connectivity index (χ2v) is 3.34. The first-order chi connectivity index (χ1) is 5.26. The van der Waals surface area contributed by atoms with Gasteiger partial charge >= 0.3 is 0 Å². The van der Waals surface area contributed by atoms with Crippen molar-refractivity contribution in [2.75, 3.05) is 12.4 Å². The first-order valence-corrected chi connectivity index (χ1v) is 4.22. The van der Waals surface area contributed by atoms with E-state index in [0.717, 1.165) is 9.26 Å². The van der Waals surface area contributed by atoms with Gasteiger partial charge in [0.15, 0.2) is 0 Å². The molecule has 0 saturated heterocycles. The predicted molar refractivity (Wildman–Crippen MR) is 53.4 cm³/mol. The minimum Gasteiger partial charge on any atom is -0.388 e. The van der Waals surface area contributed by atoms with E-state index in [9.17, 15) is 0 Å². The number of nitrogens with zero attached hydrogens (tertiary/aromatic N) is 1. The van der Waals surface area contributed by atoms with Crippen LogP contribution in [0.3, 0.4) is 0 Å². The normalized spacial score (nSPS) is 8.82. The van der Waals surface area contributed by atoms with Crippen LogP contribution in [-0.2, 0) is 0 Å². The van der Waals surface area contributed by atoms with E-state index in [0.29, 0.717) is 5.56 Å². The zero-order chi connectivity index (χ0) is 8.27. The summed E-state index contributed by atoms with van der Waals surface area (Å²) in [5, 5.41) is 11.6. The van der Waals surface area contributed by atoms with Crippen LogP contribution in [0.5, 0.6) is 0 Å². The van der Waals surface area contributed by atoms with Gasteiger partial charge in [-0.25, -0.2) is 0 Å².